The van der Waals surface area contributed by atoms with E-state index in [0.717, 1.165) is 39.0 Å². The van der Waals surface area contributed by atoms with Crippen LogP contribution in [0.5, 0.6) is 0 Å². The molecular formula is C16H24N6O. The van der Waals surface area contributed by atoms with Crippen LogP contribution in [-0.4, -0.2) is 43.5 Å². The lowest BCUT2D eigenvalue weighted by molar-refractivity contribution is -0.114. The van der Waals surface area contributed by atoms with Crippen molar-refractivity contribution in [2.75, 3.05) is 18.4 Å². The minimum Gasteiger partial charge on any atom is -0.309 e. The van der Waals surface area contributed by atoms with Gasteiger partial charge in [-0.2, -0.15) is 10.2 Å². The molecule has 7 heteroatoms. The van der Waals surface area contributed by atoms with E-state index >= 15 is 0 Å². The van der Waals surface area contributed by atoms with E-state index in [2.05, 4.69) is 33.5 Å². The third-order valence-corrected chi connectivity index (χ3v) is 4.08. The molecule has 7 nitrogen and oxygen atoms in total. The summed E-state index contributed by atoms with van der Waals surface area (Å²) in [7, 11) is 0. The number of nitrogens with one attached hydrogen (secondary N) is 1. The Morgan fingerprint density at radius 2 is 2.35 bits per heavy atom. The SMILES string of the molecule is CCCn1cc(CN2CC[C@H](n3ccc(NC(C)=O)n3)C2)cn1. The number of amides is 1. The molecule has 1 fully saturated rings. The lowest BCUT2D eigenvalue weighted by Gasteiger charge is -2.15. The maximum absolute atomic E-state index is 11.1. The number of aryl methyl sites for hydroxylation is 1. The van der Waals surface area contributed by atoms with Gasteiger partial charge in [0.2, 0.25) is 5.91 Å². The summed E-state index contributed by atoms with van der Waals surface area (Å²) < 4.78 is 3.97. The van der Waals surface area contributed by atoms with Crippen molar-refractivity contribution < 1.29 is 4.79 Å². The van der Waals surface area contributed by atoms with Gasteiger partial charge in [0.25, 0.3) is 0 Å². The molecule has 0 saturated carbocycles. The number of nitrogens with zero attached hydrogens (tertiary/aromatic N) is 5. The number of anilines is 1. The van der Waals surface area contributed by atoms with Crippen LogP contribution in [0.15, 0.2) is 24.7 Å². The van der Waals surface area contributed by atoms with Crippen molar-refractivity contribution in [3.63, 3.8) is 0 Å². The third kappa shape index (κ3) is 3.98. The molecule has 0 spiro atoms. The van der Waals surface area contributed by atoms with Gasteiger partial charge in [0.1, 0.15) is 0 Å². The van der Waals surface area contributed by atoms with Gasteiger partial charge >= 0.3 is 0 Å². The number of hydrogen-bond acceptors (Lipinski definition) is 4. The Kier molecular flexibility index (Phi) is 4.76. The summed E-state index contributed by atoms with van der Waals surface area (Å²) >= 11 is 0. The Labute approximate surface area is 136 Å². The second kappa shape index (κ2) is 6.95. The van der Waals surface area contributed by atoms with E-state index in [1.165, 1.54) is 12.5 Å². The molecule has 2 aromatic heterocycles. The summed E-state index contributed by atoms with van der Waals surface area (Å²) in [5.74, 6) is 0.532. The molecule has 1 aliphatic rings. The van der Waals surface area contributed by atoms with Crippen molar-refractivity contribution in [2.45, 2.75) is 45.8 Å². The molecule has 3 heterocycles. The van der Waals surface area contributed by atoms with Crippen LogP contribution in [-0.2, 0) is 17.9 Å². The Morgan fingerprint density at radius 3 is 3.13 bits per heavy atom. The first-order chi connectivity index (χ1) is 11.1. The van der Waals surface area contributed by atoms with Crippen molar-refractivity contribution in [1.29, 1.82) is 0 Å². The molecule has 3 rings (SSSR count). The number of rotatable bonds is 6. The van der Waals surface area contributed by atoms with Gasteiger partial charge in [0, 0.05) is 57.1 Å². The van der Waals surface area contributed by atoms with Crippen LogP contribution in [0.25, 0.3) is 0 Å². The lowest BCUT2D eigenvalue weighted by Crippen LogP contribution is -2.21. The van der Waals surface area contributed by atoms with Gasteiger partial charge in [-0.1, -0.05) is 6.92 Å². The van der Waals surface area contributed by atoms with Crippen LogP contribution in [0.4, 0.5) is 5.82 Å². The maximum atomic E-state index is 11.1. The van der Waals surface area contributed by atoms with Gasteiger partial charge in [0.05, 0.1) is 12.2 Å². The van der Waals surface area contributed by atoms with Crippen LogP contribution in [0.3, 0.4) is 0 Å². The van der Waals surface area contributed by atoms with Gasteiger partial charge in [-0.05, 0) is 12.8 Å². The molecule has 0 aliphatic carbocycles. The topological polar surface area (TPSA) is 68.0 Å². The number of hydrogen-bond donors (Lipinski definition) is 1. The summed E-state index contributed by atoms with van der Waals surface area (Å²) in [5, 5.41) is 11.6. The van der Waals surface area contributed by atoms with Crippen molar-refractivity contribution in [1.82, 2.24) is 24.5 Å². The predicted molar refractivity (Wildman–Crippen MR) is 88.0 cm³/mol. The quantitative estimate of drug-likeness (QED) is 0.884. The van der Waals surface area contributed by atoms with E-state index in [9.17, 15) is 4.79 Å². The van der Waals surface area contributed by atoms with Crippen LogP contribution in [0.2, 0.25) is 0 Å². The molecule has 0 bridgehead atoms. The van der Waals surface area contributed by atoms with Crippen LogP contribution < -0.4 is 5.32 Å². The normalized spacial score (nSPS) is 18.4. The average molecular weight is 316 g/mol. The summed E-state index contributed by atoms with van der Waals surface area (Å²) in [5.41, 5.74) is 1.26. The van der Waals surface area contributed by atoms with Crippen molar-refractivity contribution >= 4 is 11.7 Å². The molecule has 1 amide bonds. The molecule has 1 aliphatic heterocycles. The monoisotopic (exact) mass is 316 g/mol. The highest BCUT2D eigenvalue weighted by Gasteiger charge is 2.24. The van der Waals surface area contributed by atoms with Crippen molar-refractivity contribution in [3.8, 4) is 0 Å². The predicted octanol–water partition coefficient (Wildman–Crippen LogP) is 1.89. The fourth-order valence-corrected chi connectivity index (χ4v) is 3.06. The van der Waals surface area contributed by atoms with Gasteiger partial charge in [-0.15, -0.1) is 0 Å². The zero-order chi connectivity index (χ0) is 16.2. The molecule has 0 unspecified atom stereocenters. The van der Waals surface area contributed by atoms with Gasteiger partial charge in [0.15, 0.2) is 5.82 Å². The highest BCUT2D eigenvalue weighted by atomic mass is 16.1. The van der Waals surface area contributed by atoms with E-state index in [4.69, 9.17) is 0 Å². The molecule has 0 aromatic carbocycles. The first-order valence-corrected chi connectivity index (χ1v) is 8.20. The molecule has 124 valence electrons. The average Bonchev–Trinajstić information content (AvgIpc) is 3.20. The molecule has 23 heavy (non-hydrogen) atoms. The number of likely N-dealkylation sites (tertiary alicyclic amines) is 1. The largest absolute Gasteiger partial charge is 0.309 e. The van der Waals surface area contributed by atoms with Crippen molar-refractivity contribution in [2.24, 2.45) is 0 Å². The summed E-state index contributed by atoms with van der Waals surface area (Å²) in [6.07, 6.45) is 8.22. The Morgan fingerprint density at radius 1 is 1.48 bits per heavy atom. The molecule has 1 N–H and O–H groups in total. The standard InChI is InChI=1S/C16H24N6O/c1-3-6-21-11-14(9-17-21)10-20-7-4-15(12-20)22-8-5-16(19-22)18-13(2)23/h5,8-9,11,15H,3-4,6-7,10,12H2,1-2H3,(H,18,19,23)/t15-/m0/s1. The van der Waals surface area contributed by atoms with Crippen LogP contribution >= 0.6 is 0 Å². The second-order valence-corrected chi connectivity index (χ2v) is 6.15. The maximum Gasteiger partial charge on any atom is 0.222 e. The highest BCUT2D eigenvalue weighted by Crippen LogP contribution is 2.23. The zero-order valence-electron chi connectivity index (χ0n) is 13.8. The molecule has 2 aromatic rings. The summed E-state index contributed by atoms with van der Waals surface area (Å²) in [6.45, 7) is 7.59. The van der Waals surface area contributed by atoms with Crippen molar-refractivity contribution in [3.05, 3.63) is 30.2 Å². The smallest absolute Gasteiger partial charge is 0.222 e. The minimum absolute atomic E-state index is 0.0904. The Bertz CT molecular complexity index is 661. The summed E-state index contributed by atoms with van der Waals surface area (Å²) in [6, 6.07) is 2.21. The number of aromatic nitrogens is 4. The molecule has 1 atom stereocenters. The third-order valence-electron chi connectivity index (χ3n) is 4.08. The first-order valence-electron chi connectivity index (χ1n) is 8.20. The Hall–Kier alpha value is -2.15. The van der Waals surface area contributed by atoms with E-state index < -0.39 is 0 Å². The van der Waals surface area contributed by atoms with Gasteiger partial charge < -0.3 is 5.32 Å². The van der Waals surface area contributed by atoms with E-state index in [1.54, 1.807) is 0 Å². The molecule has 1 saturated heterocycles. The zero-order valence-corrected chi connectivity index (χ0v) is 13.8. The fourth-order valence-electron chi connectivity index (χ4n) is 3.06. The fraction of sp³-hybridized carbons (Fsp3) is 0.562. The Balaban J connectivity index is 1.55. The van der Waals surface area contributed by atoms with E-state index in [0.29, 0.717) is 11.9 Å². The minimum atomic E-state index is -0.0904. The highest BCUT2D eigenvalue weighted by molar-refractivity contribution is 5.87. The van der Waals surface area contributed by atoms with Gasteiger partial charge in [-0.25, -0.2) is 0 Å². The van der Waals surface area contributed by atoms with Crippen LogP contribution in [0, 0.1) is 0 Å². The summed E-state index contributed by atoms with van der Waals surface area (Å²) in [4.78, 5) is 13.5. The second-order valence-electron chi connectivity index (χ2n) is 6.15. The van der Waals surface area contributed by atoms with Gasteiger partial charge in [-0.3, -0.25) is 19.1 Å². The van der Waals surface area contributed by atoms with E-state index in [1.807, 2.05) is 27.8 Å². The molecular weight excluding hydrogens is 292 g/mol. The lowest BCUT2D eigenvalue weighted by atomic mass is 10.3. The first kappa shape index (κ1) is 15.7. The number of carbonyl (C=O) groups is 1. The molecule has 0 radical (unpaired) electrons. The van der Waals surface area contributed by atoms with E-state index in [-0.39, 0.29) is 5.91 Å². The number of carbonyl (C=O) groups excluding carboxylic acids is 1. The van der Waals surface area contributed by atoms with Crippen LogP contribution in [0.1, 0.15) is 38.3 Å².